The molecule has 0 N–H and O–H groups in total. The summed E-state index contributed by atoms with van der Waals surface area (Å²) in [4.78, 5) is 20.0. The molecule has 0 bridgehead atoms. The minimum absolute atomic E-state index is 0.157. The molecule has 5 heteroatoms. The average Bonchev–Trinajstić information content (AvgIpc) is 3.49. The number of aryl methyl sites for hydroxylation is 3. The molecular weight excluding hydrogens is 390 g/mol. The minimum atomic E-state index is 0.157. The number of hydrogen-bond acceptors (Lipinski definition) is 3. The standard InChI is InChI=1S/C25H29N3OS/c29-25(23-6-5-20-3-1-2-4-22(20)17-23)28-13-8-21(9-14-28)24-26-11-15-27(24)12-7-19-10-16-30-18-19/h1-4,10-11,15-16,18,21,23H,5-9,12-14,17H2. The number of carbonyl (C=O) groups is 1. The van der Waals surface area contributed by atoms with Gasteiger partial charge in [0, 0.05) is 43.9 Å². The van der Waals surface area contributed by atoms with Crippen LogP contribution < -0.4 is 0 Å². The molecule has 1 aliphatic heterocycles. The number of amides is 1. The van der Waals surface area contributed by atoms with E-state index >= 15 is 0 Å². The number of imidazole rings is 1. The first-order valence-corrected chi connectivity index (χ1v) is 12.1. The molecule has 1 amide bonds. The summed E-state index contributed by atoms with van der Waals surface area (Å²) in [7, 11) is 0. The van der Waals surface area contributed by atoms with E-state index in [1.165, 1.54) is 22.5 Å². The summed E-state index contributed by atoms with van der Waals surface area (Å²) in [6, 6.07) is 10.8. The molecule has 3 heterocycles. The Morgan fingerprint density at radius 2 is 1.93 bits per heavy atom. The normalized spacial score (nSPS) is 19.6. The number of hydrogen-bond donors (Lipinski definition) is 0. The van der Waals surface area contributed by atoms with Crippen molar-refractivity contribution in [3.05, 3.63) is 76.0 Å². The number of piperidine rings is 1. The molecule has 1 unspecified atom stereocenters. The van der Waals surface area contributed by atoms with Gasteiger partial charge in [0.25, 0.3) is 0 Å². The van der Waals surface area contributed by atoms with Crippen LogP contribution in [0.5, 0.6) is 0 Å². The highest BCUT2D eigenvalue weighted by Gasteiger charge is 2.32. The highest BCUT2D eigenvalue weighted by Crippen LogP contribution is 2.31. The molecule has 1 fully saturated rings. The topological polar surface area (TPSA) is 38.1 Å². The van der Waals surface area contributed by atoms with Crippen molar-refractivity contribution in [3.63, 3.8) is 0 Å². The second-order valence-electron chi connectivity index (χ2n) is 8.67. The summed E-state index contributed by atoms with van der Waals surface area (Å²) >= 11 is 1.76. The first kappa shape index (κ1) is 19.6. The van der Waals surface area contributed by atoms with Gasteiger partial charge in [-0.25, -0.2) is 4.98 Å². The molecular formula is C25H29N3OS. The van der Waals surface area contributed by atoms with Crippen molar-refractivity contribution in [1.82, 2.24) is 14.5 Å². The van der Waals surface area contributed by atoms with Gasteiger partial charge in [0.1, 0.15) is 5.82 Å². The zero-order valence-corrected chi connectivity index (χ0v) is 18.2. The third-order valence-electron chi connectivity index (χ3n) is 6.84. The number of thiophene rings is 1. The van der Waals surface area contributed by atoms with Crippen LogP contribution in [0.1, 0.15) is 47.7 Å². The zero-order valence-electron chi connectivity index (χ0n) is 17.4. The average molecular weight is 420 g/mol. The number of carbonyl (C=O) groups excluding carboxylic acids is 1. The fourth-order valence-electron chi connectivity index (χ4n) is 5.08. The Kier molecular flexibility index (Phi) is 5.71. The molecule has 5 rings (SSSR count). The smallest absolute Gasteiger partial charge is 0.226 e. The van der Waals surface area contributed by atoms with E-state index in [1.807, 2.05) is 6.20 Å². The van der Waals surface area contributed by atoms with Gasteiger partial charge < -0.3 is 9.47 Å². The molecule has 1 atom stereocenters. The van der Waals surface area contributed by atoms with Crippen LogP contribution in [0.2, 0.25) is 0 Å². The SMILES string of the molecule is O=C(C1CCc2ccccc2C1)N1CCC(c2nccn2CCc2ccsc2)CC1. The highest BCUT2D eigenvalue weighted by molar-refractivity contribution is 7.07. The fourth-order valence-corrected chi connectivity index (χ4v) is 5.78. The molecule has 30 heavy (non-hydrogen) atoms. The highest BCUT2D eigenvalue weighted by atomic mass is 32.1. The molecule has 4 nitrogen and oxygen atoms in total. The maximum atomic E-state index is 13.2. The third kappa shape index (κ3) is 4.08. The van der Waals surface area contributed by atoms with E-state index in [0.717, 1.165) is 58.2 Å². The van der Waals surface area contributed by atoms with Crippen LogP contribution in [0.4, 0.5) is 0 Å². The van der Waals surface area contributed by atoms with Gasteiger partial charge in [-0.2, -0.15) is 11.3 Å². The van der Waals surface area contributed by atoms with Gasteiger partial charge >= 0.3 is 0 Å². The molecule has 2 aromatic heterocycles. The molecule has 1 saturated heterocycles. The number of fused-ring (bicyclic) bond motifs is 1. The molecule has 1 aliphatic carbocycles. The van der Waals surface area contributed by atoms with Crippen molar-refractivity contribution in [2.24, 2.45) is 5.92 Å². The maximum Gasteiger partial charge on any atom is 0.226 e. The van der Waals surface area contributed by atoms with E-state index in [-0.39, 0.29) is 5.92 Å². The Balaban J connectivity index is 1.17. The number of benzene rings is 1. The Bertz CT molecular complexity index is 986. The summed E-state index contributed by atoms with van der Waals surface area (Å²) in [6.07, 6.45) is 10.1. The van der Waals surface area contributed by atoms with Crippen LogP contribution in [0.25, 0.3) is 0 Å². The summed E-state index contributed by atoms with van der Waals surface area (Å²) in [5, 5.41) is 4.37. The predicted octanol–water partition coefficient (Wildman–Crippen LogP) is 4.70. The number of likely N-dealkylation sites (tertiary alicyclic amines) is 1. The largest absolute Gasteiger partial charge is 0.342 e. The van der Waals surface area contributed by atoms with Gasteiger partial charge in [-0.15, -0.1) is 0 Å². The lowest BCUT2D eigenvalue weighted by molar-refractivity contribution is -0.137. The minimum Gasteiger partial charge on any atom is -0.342 e. The molecule has 3 aromatic rings. The van der Waals surface area contributed by atoms with Crippen LogP contribution in [0.3, 0.4) is 0 Å². The monoisotopic (exact) mass is 419 g/mol. The quantitative estimate of drug-likeness (QED) is 0.601. The van der Waals surface area contributed by atoms with Crippen molar-refractivity contribution in [2.45, 2.75) is 51.0 Å². The summed E-state index contributed by atoms with van der Waals surface area (Å²) in [5.74, 6) is 2.18. The van der Waals surface area contributed by atoms with Crippen LogP contribution in [-0.4, -0.2) is 33.4 Å². The number of nitrogens with zero attached hydrogens (tertiary/aromatic N) is 3. The molecule has 156 valence electrons. The number of rotatable bonds is 5. The van der Waals surface area contributed by atoms with Gasteiger partial charge in [-0.05, 0) is 72.0 Å². The van der Waals surface area contributed by atoms with E-state index in [4.69, 9.17) is 0 Å². The second kappa shape index (κ2) is 8.76. The van der Waals surface area contributed by atoms with Gasteiger partial charge in [-0.1, -0.05) is 24.3 Å². The van der Waals surface area contributed by atoms with Crippen molar-refractivity contribution in [1.29, 1.82) is 0 Å². The van der Waals surface area contributed by atoms with Gasteiger partial charge in [0.05, 0.1) is 0 Å². The second-order valence-corrected chi connectivity index (χ2v) is 9.45. The van der Waals surface area contributed by atoms with E-state index in [2.05, 4.69) is 61.7 Å². The van der Waals surface area contributed by atoms with Crippen LogP contribution >= 0.6 is 11.3 Å². The molecule has 0 saturated carbocycles. The molecule has 1 aromatic carbocycles. The molecule has 2 aliphatic rings. The van der Waals surface area contributed by atoms with E-state index in [1.54, 1.807) is 11.3 Å². The Labute approximate surface area is 182 Å². The van der Waals surface area contributed by atoms with Crippen LogP contribution in [-0.2, 0) is 30.6 Å². The first-order chi connectivity index (χ1) is 14.8. The number of aromatic nitrogens is 2. The van der Waals surface area contributed by atoms with Gasteiger partial charge in [0.15, 0.2) is 0 Å². The van der Waals surface area contributed by atoms with Gasteiger partial charge in [-0.3, -0.25) is 4.79 Å². The fraction of sp³-hybridized carbons (Fsp3) is 0.440. The van der Waals surface area contributed by atoms with Crippen LogP contribution in [0, 0.1) is 5.92 Å². The van der Waals surface area contributed by atoms with Crippen molar-refractivity contribution in [3.8, 4) is 0 Å². The zero-order chi connectivity index (χ0) is 20.3. The van der Waals surface area contributed by atoms with E-state index < -0.39 is 0 Å². The molecule has 0 spiro atoms. The summed E-state index contributed by atoms with van der Waals surface area (Å²) in [5.41, 5.74) is 4.19. The lowest BCUT2D eigenvalue weighted by atomic mass is 9.82. The third-order valence-corrected chi connectivity index (χ3v) is 7.57. The predicted molar refractivity (Wildman–Crippen MR) is 121 cm³/mol. The van der Waals surface area contributed by atoms with E-state index in [9.17, 15) is 4.79 Å². The molecule has 0 radical (unpaired) electrons. The van der Waals surface area contributed by atoms with E-state index in [0.29, 0.717) is 11.8 Å². The Hall–Kier alpha value is -2.40. The first-order valence-electron chi connectivity index (χ1n) is 11.2. The van der Waals surface area contributed by atoms with Crippen molar-refractivity contribution in [2.75, 3.05) is 13.1 Å². The summed E-state index contributed by atoms with van der Waals surface area (Å²) < 4.78 is 2.32. The van der Waals surface area contributed by atoms with Crippen molar-refractivity contribution < 1.29 is 4.79 Å². The lowest BCUT2D eigenvalue weighted by Gasteiger charge is -2.35. The van der Waals surface area contributed by atoms with Crippen molar-refractivity contribution >= 4 is 17.2 Å². The summed E-state index contributed by atoms with van der Waals surface area (Å²) in [6.45, 7) is 2.70. The lowest BCUT2D eigenvalue weighted by Crippen LogP contribution is -2.43. The maximum absolute atomic E-state index is 13.2. The Morgan fingerprint density at radius 1 is 1.10 bits per heavy atom. The van der Waals surface area contributed by atoms with Crippen LogP contribution in [0.15, 0.2) is 53.5 Å². The van der Waals surface area contributed by atoms with Gasteiger partial charge in [0.2, 0.25) is 5.91 Å². The Morgan fingerprint density at radius 3 is 2.73 bits per heavy atom.